The standard InChI is InChI=1S/C25H21FN2/c1-18-9-11-20(12-10-18)24(21-13-15-22(26)16-14-21)28-25-23(8-5-17-27-25)19-6-3-2-4-7-19/h2-17,24H,1H3,(H,27,28). The minimum Gasteiger partial charge on any atom is -0.359 e. The van der Waals surface area contributed by atoms with Gasteiger partial charge < -0.3 is 5.32 Å². The molecule has 0 amide bonds. The van der Waals surface area contributed by atoms with Gasteiger partial charge in [0, 0.05) is 11.8 Å². The van der Waals surface area contributed by atoms with Gasteiger partial charge in [0.1, 0.15) is 11.6 Å². The van der Waals surface area contributed by atoms with Crippen LogP contribution in [0.5, 0.6) is 0 Å². The Kier molecular flexibility index (Phi) is 5.16. The van der Waals surface area contributed by atoms with Crippen LogP contribution in [0, 0.1) is 12.7 Å². The Hall–Kier alpha value is -3.46. The Balaban J connectivity index is 1.77. The Labute approximate surface area is 164 Å². The lowest BCUT2D eigenvalue weighted by molar-refractivity contribution is 0.626. The number of rotatable bonds is 5. The molecule has 0 spiro atoms. The predicted molar refractivity (Wildman–Crippen MR) is 113 cm³/mol. The maximum atomic E-state index is 13.5. The fourth-order valence-corrected chi connectivity index (χ4v) is 3.28. The van der Waals surface area contributed by atoms with Gasteiger partial charge in [0.15, 0.2) is 0 Å². The van der Waals surface area contributed by atoms with E-state index in [-0.39, 0.29) is 11.9 Å². The van der Waals surface area contributed by atoms with Gasteiger partial charge in [-0.15, -0.1) is 0 Å². The van der Waals surface area contributed by atoms with Crippen molar-refractivity contribution in [3.8, 4) is 11.1 Å². The number of aryl methyl sites for hydroxylation is 1. The predicted octanol–water partition coefficient (Wildman–Crippen LogP) is 6.40. The zero-order valence-electron chi connectivity index (χ0n) is 15.6. The van der Waals surface area contributed by atoms with Crippen LogP contribution in [0.1, 0.15) is 22.7 Å². The van der Waals surface area contributed by atoms with Gasteiger partial charge in [-0.3, -0.25) is 0 Å². The van der Waals surface area contributed by atoms with E-state index in [1.54, 1.807) is 6.20 Å². The molecular formula is C25H21FN2. The molecule has 138 valence electrons. The monoisotopic (exact) mass is 368 g/mol. The molecule has 0 aliphatic rings. The van der Waals surface area contributed by atoms with E-state index >= 15 is 0 Å². The molecule has 1 heterocycles. The SMILES string of the molecule is Cc1ccc(C(Nc2ncccc2-c2ccccc2)c2ccc(F)cc2)cc1. The summed E-state index contributed by atoms with van der Waals surface area (Å²) in [5, 5.41) is 3.58. The van der Waals surface area contributed by atoms with Crippen LogP contribution in [0.2, 0.25) is 0 Å². The number of halogens is 1. The van der Waals surface area contributed by atoms with Gasteiger partial charge >= 0.3 is 0 Å². The number of aromatic nitrogens is 1. The number of nitrogens with zero attached hydrogens (tertiary/aromatic N) is 1. The topological polar surface area (TPSA) is 24.9 Å². The quantitative estimate of drug-likeness (QED) is 0.441. The number of pyridine rings is 1. The average Bonchev–Trinajstić information content (AvgIpc) is 2.74. The van der Waals surface area contributed by atoms with Crippen molar-refractivity contribution in [1.29, 1.82) is 0 Å². The Morgan fingerprint density at radius 2 is 1.39 bits per heavy atom. The lowest BCUT2D eigenvalue weighted by Gasteiger charge is -2.22. The molecule has 3 aromatic carbocycles. The van der Waals surface area contributed by atoms with Crippen LogP contribution in [-0.2, 0) is 0 Å². The van der Waals surface area contributed by atoms with Crippen LogP contribution in [-0.4, -0.2) is 4.98 Å². The van der Waals surface area contributed by atoms with Gasteiger partial charge in [-0.05, 0) is 47.9 Å². The summed E-state index contributed by atoms with van der Waals surface area (Å²) in [5.41, 5.74) is 5.41. The largest absolute Gasteiger partial charge is 0.359 e. The van der Waals surface area contributed by atoms with Crippen molar-refractivity contribution in [1.82, 2.24) is 4.98 Å². The summed E-state index contributed by atoms with van der Waals surface area (Å²) in [6.45, 7) is 2.07. The van der Waals surface area contributed by atoms with Crippen molar-refractivity contribution in [3.05, 3.63) is 120 Å². The molecule has 4 rings (SSSR count). The van der Waals surface area contributed by atoms with Gasteiger partial charge in [-0.1, -0.05) is 72.3 Å². The second kappa shape index (κ2) is 8.05. The molecule has 28 heavy (non-hydrogen) atoms. The molecular weight excluding hydrogens is 347 g/mol. The Morgan fingerprint density at radius 3 is 2.07 bits per heavy atom. The fraction of sp³-hybridized carbons (Fsp3) is 0.0800. The summed E-state index contributed by atoms with van der Waals surface area (Å²) in [4.78, 5) is 4.60. The molecule has 4 aromatic rings. The Morgan fingerprint density at radius 1 is 0.750 bits per heavy atom. The van der Waals surface area contributed by atoms with Gasteiger partial charge in [0.2, 0.25) is 0 Å². The summed E-state index contributed by atoms with van der Waals surface area (Å²) in [5.74, 6) is 0.554. The zero-order valence-corrected chi connectivity index (χ0v) is 15.6. The summed E-state index contributed by atoms with van der Waals surface area (Å²) in [6.07, 6.45) is 1.78. The van der Waals surface area contributed by atoms with Crippen molar-refractivity contribution in [2.45, 2.75) is 13.0 Å². The van der Waals surface area contributed by atoms with E-state index in [2.05, 4.69) is 59.7 Å². The smallest absolute Gasteiger partial charge is 0.134 e. The van der Waals surface area contributed by atoms with Crippen molar-refractivity contribution >= 4 is 5.82 Å². The third-order valence-electron chi connectivity index (χ3n) is 4.79. The van der Waals surface area contributed by atoms with Crippen LogP contribution >= 0.6 is 0 Å². The van der Waals surface area contributed by atoms with Crippen LogP contribution in [0.4, 0.5) is 10.2 Å². The second-order valence-corrected chi connectivity index (χ2v) is 6.81. The minimum atomic E-state index is -0.241. The molecule has 1 aromatic heterocycles. The summed E-state index contributed by atoms with van der Waals surface area (Å²) < 4.78 is 13.5. The second-order valence-electron chi connectivity index (χ2n) is 6.81. The average molecular weight is 368 g/mol. The number of hydrogen-bond donors (Lipinski definition) is 1. The van der Waals surface area contributed by atoms with Gasteiger partial charge in [0.05, 0.1) is 6.04 Å². The lowest BCUT2D eigenvalue weighted by Crippen LogP contribution is -2.14. The number of anilines is 1. The molecule has 0 fully saturated rings. The van der Waals surface area contributed by atoms with E-state index in [0.29, 0.717) is 0 Å². The van der Waals surface area contributed by atoms with E-state index in [0.717, 1.165) is 28.1 Å². The molecule has 0 bridgehead atoms. The molecule has 0 aliphatic carbocycles. The number of nitrogens with one attached hydrogen (secondary N) is 1. The van der Waals surface area contributed by atoms with E-state index in [1.807, 2.05) is 36.4 Å². The highest BCUT2D eigenvalue weighted by molar-refractivity contribution is 5.75. The summed E-state index contributed by atoms with van der Waals surface area (Å²) >= 11 is 0. The molecule has 1 N–H and O–H groups in total. The highest BCUT2D eigenvalue weighted by Crippen LogP contribution is 2.32. The maximum absolute atomic E-state index is 13.5. The molecule has 0 aliphatic heterocycles. The molecule has 0 radical (unpaired) electrons. The number of benzene rings is 3. The third kappa shape index (κ3) is 3.94. The van der Waals surface area contributed by atoms with E-state index < -0.39 is 0 Å². The fourth-order valence-electron chi connectivity index (χ4n) is 3.28. The highest BCUT2D eigenvalue weighted by Gasteiger charge is 2.17. The first-order valence-electron chi connectivity index (χ1n) is 9.30. The molecule has 1 atom stereocenters. The van der Waals surface area contributed by atoms with Crippen molar-refractivity contribution < 1.29 is 4.39 Å². The molecule has 0 saturated heterocycles. The third-order valence-corrected chi connectivity index (χ3v) is 4.79. The lowest BCUT2D eigenvalue weighted by atomic mass is 9.97. The number of hydrogen-bond acceptors (Lipinski definition) is 2. The Bertz CT molecular complexity index is 996. The first-order chi connectivity index (χ1) is 13.7. The summed E-state index contributed by atoms with van der Waals surface area (Å²) in [7, 11) is 0. The van der Waals surface area contributed by atoms with Gasteiger partial charge in [-0.25, -0.2) is 9.37 Å². The van der Waals surface area contributed by atoms with Crippen LogP contribution in [0.3, 0.4) is 0 Å². The molecule has 3 heteroatoms. The van der Waals surface area contributed by atoms with E-state index in [1.165, 1.54) is 17.7 Å². The van der Waals surface area contributed by atoms with Crippen molar-refractivity contribution in [2.24, 2.45) is 0 Å². The van der Waals surface area contributed by atoms with Crippen molar-refractivity contribution in [2.75, 3.05) is 5.32 Å². The zero-order chi connectivity index (χ0) is 19.3. The first-order valence-corrected chi connectivity index (χ1v) is 9.30. The van der Waals surface area contributed by atoms with Crippen LogP contribution < -0.4 is 5.32 Å². The highest BCUT2D eigenvalue weighted by atomic mass is 19.1. The van der Waals surface area contributed by atoms with Crippen LogP contribution in [0.25, 0.3) is 11.1 Å². The van der Waals surface area contributed by atoms with Crippen molar-refractivity contribution in [3.63, 3.8) is 0 Å². The van der Waals surface area contributed by atoms with Crippen LogP contribution in [0.15, 0.2) is 97.2 Å². The van der Waals surface area contributed by atoms with E-state index in [9.17, 15) is 4.39 Å². The molecule has 1 unspecified atom stereocenters. The minimum absolute atomic E-state index is 0.140. The molecule has 2 nitrogen and oxygen atoms in total. The molecule has 0 saturated carbocycles. The first kappa shape index (κ1) is 17.9. The van der Waals surface area contributed by atoms with Gasteiger partial charge in [0.25, 0.3) is 0 Å². The normalized spacial score (nSPS) is 11.8. The maximum Gasteiger partial charge on any atom is 0.134 e. The van der Waals surface area contributed by atoms with E-state index in [4.69, 9.17) is 0 Å². The summed E-state index contributed by atoms with van der Waals surface area (Å²) in [6, 6.07) is 29.0. The van der Waals surface area contributed by atoms with Gasteiger partial charge in [-0.2, -0.15) is 0 Å².